The zero-order valence-corrected chi connectivity index (χ0v) is 18.6. The molecule has 8 heteroatoms. The predicted molar refractivity (Wildman–Crippen MR) is 118 cm³/mol. The summed E-state index contributed by atoms with van der Waals surface area (Å²) in [6.45, 7) is 6.78. The SMILES string of the molecule is CN=C(NCC(C)(C)c1cccc(F)c1)NC1CCN(CC(N)=O)CC1.I. The molecule has 1 aliphatic rings. The lowest BCUT2D eigenvalue weighted by Gasteiger charge is -2.33. The highest BCUT2D eigenvalue weighted by atomic mass is 127. The third-order valence-electron chi connectivity index (χ3n) is 4.84. The number of carbonyl (C=O) groups excluding carboxylic acids is 1. The van der Waals surface area contributed by atoms with Gasteiger partial charge >= 0.3 is 0 Å². The number of guanidine groups is 1. The van der Waals surface area contributed by atoms with Gasteiger partial charge in [-0.15, -0.1) is 24.0 Å². The highest BCUT2D eigenvalue weighted by molar-refractivity contribution is 14.0. The average molecular weight is 491 g/mol. The number of rotatable bonds is 6. The van der Waals surface area contributed by atoms with Crippen molar-refractivity contribution in [1.29, 1.82) is 0 Å². The first-order valence-electron chi connectivity index (χ1n) is 9.04. The molecule has 1 saturated heterocycles. The monoisotopic (exact) mass is 491 g/mol. The fourth-order valence-corrected chi connectivity index (χ4v) is 3.16. The van der Waals surface area contributed by atoms with Crippen LogP contribution in [-0.4, -0.2) is 56.0 Å². The van der Waals surface area contributed by atoms with Crippen molar-refractivity contribution in [2.24, 2.45) is 10.7 Å². The number of nitrogens with zero attached hydrogens (tertiary/aromatic N) is 2. The van der Waals surface area contributed by atoms with Gasteiger partial charge in [-0.1, -0.05) is 26.0 Å². The van der Waals surface area contributed by atoms with Crippen molar-refractivity contribution in [3.8, 4) is 0 Å². The van der Waals surface area contributed by atoms with Gasteiger partial charge in [0, 0.05) is 38.1 Å². The van der Waals surface area contributed by atoms with E-state index < -0.39 is 0 Å². The molecule has 1 amide bonds. The number of piperidine rings is 1. The molecule has 0 spiro atoms. The molecule has 0 unspecified atom stereocenters. The minimum atomic E-state index is -0.284. The molecule has 0 aromatic heterocycles. The Hall–Kier alpha value is -1.42. The van der Waals surface area contributed by atoms with Gasteiger partial charge in [-0.2, -0.15) is 0 Å². The van der Waals surface area contributed by atoms with Crippen LogP contribution in [0.25, 0.3) is 0 Å². The Labute approximate surface area is 178 Å². The van der Waals surface area contributed by atoms with Crippen LogP contribution in [0.5, 0.6) is 0 Å². The summed E-state index contributed by atoms with van der Waals surface area (Å²) in [4.78, 5) is 17.4. The number of hydrogen-bond acceptors (Lipinski definition) is 3. The maximum atomic E-state index is 13.5. The second-order valence-corrected chi connectivity index (χ2v) is 7.48. The van der Waals surface area contributed by atoms with E-state index in [-0.39, 0.29) is 41.1 Å². The number of nitrogens with one attached hydrogen (secondary N) is 2. The first kappa shape index (κ1) is 23.6. The molecule has 0 radical (unpaired) electrons. The zero-order chi connectivity index (χ0) is 19.2. The summed E-state index contributed by atoms with van der Waals surface area (Å²) in [6.07, 6.45) is 1.86. The number of amides is 1. The number of likely N-dealkylation sites (tertiary alicyclic amines) is 1. The Morgan fingerprint density at radius 2 is 2.04 bits per heavy atom. The van der Waals surface area contributed by atoms with Crippen LogP contribution in [0.3, 0.4) is 0 Å². The van der Waals surface area contributed by atoms with Crippen molar-refractivity contribution in [2.75, 3.05) is 33.2 Å². The van der Waals surface area contributed by atoms with Crippen molar-refractivity contribution in [2.45, 2.75) is 38.1 Å². The number of carbonyl (C=O) groups is 1. The Bertz CT molecular complexity index is 645. The molecule has 27 heavy (non-hydrogen) atoms. The van der Waals surface area contributed by atoms with Gasteiger partial charge in [-0.05, 0) is 30.5 Å². The molecule has 4 N–H and O–H groups in total. The van der Waals surface area contributed by atoms with Crippen LogP contribution in [0.15, 0.2) is 29.3 Å². The summed E-state index contributed by atoms with van der Waals surface area (Å²) in [5.41, 5.74) is 5.96. The van der Waals surface area contributed by atoms with E-state index in [4.69, 9.17) is 5.73 Å². The van der Waals surface area contributed by atoms with E-state index in [2.05, 4.69) is 34.4 Å². The number of primary amides is 1. The molecular weight excluding hydrogens is 460 g/mol. The lowest BCUT2D eigenvalue weighted by atomic mass is 9.84. The van der Waals surface area contributed by atoms with E-state index >= 15 is 0 Å². The lowest BCUT2D eigenvalue weighted by Crippen LogP contribution is -2.51. The van der Waals surface area contributed by atoms with Crippen LogP contribution < -0.4 is 16.4 Å². The molecular formula is C19H31FIN5O. The Morgan fingerprint density at radius 1 is 1.37 bits per heavy atom. The number of hydrogen-bond donors (Lipinski definition) is 3. The van der Waals surface area contributed by atoms with Gasteiger partial charge in [-0.3, -0.25) is 14.7 Å². The van der Waals surface area contributed by atoms with Gasteiger partial charge in [0.15, 0.2) is 5.96 Å². The van der Waals surface area contributed by atoms with Crippen molar-refractivity contribution >= 4 is 35.8 Å². The molecule has 1 aromatic rings. The fourth-order valence-electron chi connectivity index (χ4n) is 3.16. The minimum absolute atomic E-state index is 0. The van der Waals surface area contributed by atoms with Gasteiger partial charge in [0.05, 0.1) is 6.54 Å². The minimum Gasteiger partial charge on any atom is -0.369 e. The highest BCUT2D eigenvalue weighted by Crippen LogP contribution is 2.22. The third kappa shape index (κ3) is 7.61. The molecule has 1 fully saturated rings. The number of nitrogens with two attached hydrogens (primary N) is 1. The largest absolute Gasteiger partial charge is 0.369 e. The Morgan fingerprint density at radius 3 is 2.59 bits per heavy atom. The first-order valence-corrected chi connectivity index (χ1v) is 9.04. The second-order valence-electron chi connectivity index (χ2n) is 7.48. The molecule has 0 saturated carbocycles. The van der Waals surface area contributed by atoms with E-state index in [9.17, 15) is 9.18 Å². The maximum absolute atomic E-state index is 13.5. The van der Waals surface area contributed by atoms with Crippen molar-refractivity contribution in [1.82, 2.24) is 15.5 Å². The molecule has 152 valence electrons. The number of halogens is 2. The normalized spacial score (nSPS) is 16.5. The summed E-state index contributed by atoms with van der Waals surface area (Å²) in [5, 5.41) is 6.78. The molecule has 0 aliphatic carbocycles. The van der Waals surface area contributed by atoms with Crippen molar-refractivity contribution < 1.29 is 9.18 Å². The standard InChI is InChI=1S/C19H30FN5O.HI/c1-19(2,14-5-4-6-15(20)11-14)13-23-18(22-3)24-16-7-9-25(10-8-16)12-17(21)26;/h4-6,11,16H,7-10,12-13H2,1-3H3,(H2,21,26)(H2,22,23,24);1H. The summed E-state index contributed by atoms with van der Waals surface area (Å²) in [5.74, 6) is 0.233. The van der Waals surface area contributed by atoms with Crippen LogP contribution in [0, 0.1) is 5.82 Å². The topological polar surface area (TPSA) is 82.8 Å². The molecule has 0 atom stereocenters. The van der Waals surface area contributed by atoms with Gasteiger partial charge < -0.3 is 16.4 Å². The van der Waals surface area contributed by atoms with Gasteiger partial charge in [0.1, 0.15) is 5.82 Å². The predicted octanol–water partition coefficient (Wildman–Crippen LogP) is 1.84. The molecule has 0 bridgehead atoms. The summed E-state index contributed by atoms with van der Waals surface area (Å²) >= 11 is 0. The van der Waals surface area contributed by atoms with E-state index in [0.29, 0.717) is 19.1 Å². The molecule has 1 aromatic carbocycles. The van der Waals surface area contributed by atoms with Crippen LogP contribution in [0.4, 0.5) is 4.39 Å². The Balaban J connectivity index is 0.00000364. The molecule has 6 nitrogen and oxygen atoms in total. The average Bonchev–Trinajstić information content (AvgIpc) is 2.59. The van der Waals surface area contributed by atoms with E-state index in [0.717, 1.165) is 37.5 Å². The van der Waals surface area contributed by atoms with Crippen LogP contribution in [-0.2, 0) is 10.2 Å². The lowest BCUT2D eigenvalue weighted by molar-refractivity contribution is -0.119. The van der Waals surface area contributed by atoms with Crippen LogP contribution in [0.2, 0.25) is 0 Å². The summed E-state index contributed by atoms with van der Waals surface area (Å²) < 4.78 is 13.5. The number of benzene rings is 1. The molecule has 2 rings (SSSR count). The fraction of sp³-hybridized carbons (Fsp3) is 0.579. The Kier molecular flexibility index (Phi) is 9.44. The smallest absolute Gasteiger partial charge is 0.231 e. The van der Waals surface area contributed by atoms with Gasteiger partial charge in [0.2, 0.25) is 5.91 Å². The number of aliphatic imine (C=N–C) groups is 1. The van der Waals surface area contributed by atoms with Gasteiger partial charge in [0.25, 0.3) is 0 Å². The zero-order valence-electron chi connectivity index (χ0n) is 16.3. The van der Waals surface area contributed by atoms with E-state index in [1.165, 1.54) is 6.07 Å². The van der Waals surface area contributed by atoms with Crippen molar-refractivity contribution in [3.05, 3.63) is 35.6 Å². The highest BCUT2D eigenvalue weighted by Gasteiger charge is 2.23. The maximum Gasteiger partial charge on any atom is 0.231 e. The van der Waals surface area contributed by atoms with Crippen molar-refractivity contribution in [3.63, 3.8) is 0 Å². The van der Waals surface area contributed by atoms with Gasteiger partial charge in [-0.25, -0.2) is 4.39 Å². The van der Waals surface area contributed by atoms with Crippen LogP contribution >= 0.6 is 24.0 Å². The first-order chi connectivity index (χ1) is 12.3. The summed E-state index contributed by atoms with van der Waals surface area (Å²) in [6, 6.07) is 7.02. The molecule has 1 heterocycles. The van der Waals surface area contributed by atoms with E-state index in [1.807, 2.05) is 6.07 Å². The third-order valence-corrected chi connectivity index (χ3v) is 4.84. The van der Waals surface area contributed by atoms with Crippen LogP contribution in [0.1, 0.15) is 32.3 Å². The van der Waals surface area contributed by atoms with E-state index in [1.54, 1.807) is 19.2 Å². The molecule has 1 aliphatic heterocycles. The second kappa shape index (κ2) is 10.8. The quantitative estimate of drug-likeness (QED) is 0.322. The summed E-state index contributed by atoms with van der Waals surface area (Å²) in [7, 11) is 1.74.